The van der Waals surface area contributed by atoms with Crippen molar-refractivity contribution in [3.63, 3.8) is 0 Å². The van der Waals surface area contributed by atoms with Crippen LogP contribution >= 0.6 is 15.9 Å². The van der Waals surface area contributed by atoms with Gasteiger partial charge in [-0.25, -0.2) is 4.79 Å². The Kier molecular flexibility index (Phi) is 6.60. The molecule has 0 atom stereocenters. The smallest absolute Gasteiger partial charge is 0.331 e. The number of imide groups is 2. The molecule has 1 heterocycles. The fraction of sp³-hybridized carbons (Fsp3) is 0.292. The average Bonchev–Trinajstić information content (AvgIpc) is 3.31. The number of barbiturate groups is 1. The highest BCUT2D eigenvalue weighted by Crippen LogP contribution is 2.36. The Morgan fingerprint density at radius 1 is 1.09 bits per heavy atom. The van der Waals surface area contributed by atoms with Crippen molar-refractivity contribution in [2.75, 3.05) is 7.11 Å². The van der Waals surface area contributed by atoms with Gasteiger partial charge >= 0.3 is 6.03 Å². The van der Waals surface area contributed by atoms with Gasteiger partial charge in [0.2, 0.25) is 0 Å². The molecular formula is C24H23BrN2O5. The fourth-order valence-electron chi connectivity index (χ4n) is 3.99. The summed E-state index contributed by atoms with van der Waals surface area (Å²) in [5.41, 5.74) is 1.49. The van der Waals surface area contributed by atoms with Crippen LogP contribution < -0.4 is 14.8 Å². The van der Waals surface area contributed by atoms with E-state index in [0.717, 1.165) is 31.2 Å². The Morgan fingerprint density at radius 3 is 2.50 bits per heavy atom. The lowest BCUT2D eigenvalue weighted by molar-refractivity contribution is -0.131. The maximum atomic E-state index is 13.0. The van der Waals surface area contributed by atoms with Crippen molar-refractivity contribution in [1.82, 2.24) is 10.2 Å². The molecule has 7 nitrogen and oxygen atoms in total. The minimum absolute atomic E-state index is 0.0859. The van der Waals surface area contributed by atoms with Gasteiger partial charge in [-0.1, -0.05) is 59.1 Å². The number of nitrogens with zero attached hydrogens (tertiary/aromatic N) is 1. The highest BCUT2D eigenvalue weighted by molar-refractivity contribution is 9.10. The van der Waals surface area contributed by atoms with Gasteiger partial charge in [0.1, 0.15) is 12.2 Å². The first-order chi connectivity index (χ1) is 15.5. The highest BCUT2D eigenvalue weighted by atomic mass is 79.9. The van der Waals surface area contributed by atoms with Crippen LogP contribution in [0.5, 0.6) is 11.5 Å². The molecule has 4 rings (SSSR count). The molecule has 0 aromatic heterocycles. The number of rotatable bonds is 6. The Labute approximate surface area is 194 Å². The topological polar surface area (TPSA) is 84.9 Å². The van der Waals surface area contributed by atoms with Crippen molar-refractivity contribution in [3.05, 3.63) is 63.6 Å². The average molecular weight is 499 g/mol. The molecule has 1 N–H and O–H groups in total. The number of carbonyl (C=O) groups excluding carboxylic acids is 3. The third-order valence-electron chi connectivity index (χ3n) is 5.64. The van der Waals surface area contributed by atoms with E-state index in [-0.39, 0.29) is 11.6 Å². The molecule has 32 heavy (non-hydrogen) atoms. The van der Waals surface area contributed by atoms with Crippen LogP contribution in [-0.4, -0.2) is 35.9 Å². The predicted octanol–water partition coefficient (Wildman–Crippen LogP) is 4.44. The molecule has 2 aliphatic rings. The number of hydrogen-bond donors (Lipinski definition) is 1. The molecule has 1 aliphatic carbocycles. The van der Waals surface area contributed by atoms with E-state index < -0.39 is 17.8 Å². The zero-order chi connectivity index (χ0) is 22.7. The second-order valence-corrected chi connectivity index (χ2v) is 8.58. The van der Waals surface area contributed by atoms with Crippen LogP contribution in [-0.2, 0) is 16.2 Å². The minimum Gasteiger partial charge on any atom is -0.493 e. The van der Waals surface area contributed by atoms with Gasteiger partial charge in [-0.05, 0) is 42.2 Å². The lowest BCUT2D eigenvalue weighted by Gasteiger charge is -2.31. The van der Waals surface area contributed by atoms with Crippen molar-refractivity contribution >= 4 is 39.9 Å². The van der Waals surface area contributed by atoms with E-state index in [2.05, 4.69) is 21.2 Å². The summed E-state index contributed by atoms with van der Waals surface area (Å²) < 4.78 is 12.0. The molecule has 0 spiro atoms. The van der Waals surface area contributed by atoms with E-state index in [1.54, 1.807) is 12.1 Å². The number of methoxy groups -OCH3 is 1. The monoisotopic (exact) mass is 498 g/mol. The molecule has 0 bridgehead atoms. The first kappa shape index (κ1) is 22.1. The number of ether oxygens (including phenoxy) is 2. The van der Waals surface area contributed by atoms with Crippen molar-refractivity contribution < 1.29 is 23.9 Å². The fourth-order valence-corrected chi connectivity index (χ4v) is 4.43. The number of nitrogens with one attached hydrogen (secondary N) is 1. The Balaban J connectivity index is 1.61. The lowest BCUT2D eigenvalue weighted by atomic mass is 10.0. The normalized spacial score (nSPS) is 18.2. The molecule has 1 aliphatic heterocycles. The zero-order valence-electron chi connectivity index (χ0n) is 17.6. The molecule has 1 saturated carbocycles. The van der Waals surface area contributed by atoms with Gasteiger partial charge in [0.05, 0.1) is 7.11 Å². The van der Waals surface area contributed by atoms with Gasteiger partial charge in [0.25, 0.3) is 11.8 Å². The maximum absolute atomic E-state index is 13.0. The van der Waals surface area contributed by atoms with E-state index in [9.17, 15) is 14.4 Å². The van der Waals surface area contributed by atoms with E-state index in [1.807, 2.05) is 30.3 Å². The molecule has 166 valence electrons. The summed E-state index contributed by atoms with van der Waals surface area (Å²) in [5, 5.41) is 2.29. The van der Waals surface area contributed by atoms with Crippen molar-refractivity contribution in [2.45, 2.75) is 38.3 Å². The minimum atomic E-state index is -0.704. The standard InChI is InChI=1S/C24H23BrN2O5/c1-31-20-12-16(19(25)13-21(20)32-14-15-7-3-2-4-8-15)11-18-22(28)26-24(30)27(23(18)29)17-9-5-6-10-17/h2-4,7-8,11-13,17H,5-6,9-10,14H2,1H3,(H,26,28,30)/b18-11+. The molecule has 2 fully saturated rings. The van der Waals surface area contributed by atoms with E-state index >= 15 is 0 Å². The summed E-state index contributed by atoms with van der Waals surface area (Å²) in [6, 6.07) is 12.3. The quantitative estimate of drug-likeness (QED) is 0.469. The van der Waals surface area contributed by atoms with Gasteiger partial charge in [0.15, 0.2) is 11.5 Å². The third-order valence-corrected chi connectivity index (χ3v) is 6.33. The number of carbonyl (C=O) groups is 3. The van der Waals surface area contributed by atoms with Crippen molar-refractivity contribution in [1.29, 1.82) is 0 Å². The molecule has 4 amide bonds. The molecular weight excluding hydrogens is 476 g/mol. The van der Waals surface area contributed by atoms with Crippen LogP contribution in [0.3, 0.4) is 0 Å². The summed E-state index contributed by atoms with van der Waals surface area (Å²) in [6.45, 7) is 0.365. The van der Waals surface area contributed by atoms with E-state index in [1.165, 1.54) is 18.1 Å². The molecule has 8 heteroatoms. The molecule has 0 unspecified atom stereocenters. The molecule has 2 aromatic carbocycles. The Bertz CT molecular complexity index is 1080. The number of urea groups is 1. The summed E-state index contributed by atoms with van der Waals surface area (Å²) in [7, 11) is 1.52. The third kappa shape index (κ3) is 4.55. The number of amides is 4. The van der Waals surface area contributed by atoms with Gasteiger partial charge in [-0.3, -0.25) is 19.8 Å². The van der Waals surface area contributed by atoms with E-state index in [0.29, 0.717) is 28.1 Å². The van der Waals surface area contributed by atoms with Crippen LogP contribution in [0.15, 0.2) is 52.5 Å². The number of benzene rings is 2. The largest absolute Gasteiger partial charge is 0.493 e. The van der Waals surface area contributed by atoms with Crippen LogP contribution in [0.2, 0.25) is 0 Å². The van der Waals surface area contributed by atoms with Gasteiger partial charge in [0, 0.05) is 10.5 Å². The SMILES string of the molecule is COc1cc(/C=C2\C(=O)NC(=O)N(C3CCCC3)C2=O)c(Br)cc1OCc1ccccc1. The summed E-state index contributed by atoms with van der Waals surface area (Å²) in [5.74, 6) is -0.290. The predicted molar refractivity (Wildman–Crippen MR) is 122 cm³/mol. The van der Waals surface area contributed by atoms with Gasteiger partial charge in [-0.15, -0.1) is 0 Å². The van der Waals surface area contributed by atoms with Crippen molar-refractivity contribution in [2.24, 2.45) is 0 Å². The number of halogens is 1. The summed E-state index contributed by atoms with van der Waals surface area (Å²) >= 11 is 3.49. The summed E-state index contributed by atoms with van der Waals surface area (Å²) in [4.78, 5) is 39.0. The highest BCUT2D eigenvalue weighted by Gasteiger charge is 2.40. The Hall–Kier alpha value is -3.13. The summed E-state index contributed by atoms with van der Waals surface area (Å²) in [6.07, 6.45) is 4.90. The van der Waals surface area contributed by atoms with Crippen LogP contribution in [0.4, 0.5) is 4.79 Å². The second kappa shape index (κ2) is 9.56. The van der Waals surface area contributed by atoms with Crippen LogP contribution in [0.25, 0.3) is 6.08 Å². The Morgan fingerprint density at radius 2 is 1.81 bits per heavy atom. The first-order valence-corrected chi connectivity index (χ1v) is 11.2. The van der Waals surface area contributed by atoms with E-state index in [4.69, 9.17) is 9.47 Å². The van der Waals surface area contributed by atoms with Gasteiger partial charge in [-0.2, -0.15) is 0 Å². The van der Waals surface area contributed by atoms with Crippen molar-refractivity contribution in [3.8, 4) is 11.5 Å². The molecule has 0 radical (unpaired) electrons. The van der Waals surface area contributed by atoms with Crippen LogP contribution in [0, 0.1) is 0 Å². The molecule has 1 saturated heterocycles. The lowest BCUT2D eigenvalue weighted by Crippen LogP contribution is -2.57. The number of hydrogen-bond acceptors (Lipinski definition) is 5. The second-order valence-electron chi connectivity index (χ2n) is 7.73. The zero-order valence-corrected chi connectivity index (χ0v) is 19.2. The maximum Gasteiger partial charge on any atom is 0.331 e. The molecule has 2 aromatic rings. The van der Waals surface area contributed by atoms with Gasteiger partial charge < -0.3 is 9.47 Å². The first-order valence-electron chi connectivity index (χ1n) is 10.4. The van der Waals surface area contributed by atoms with Crippen LogP contribution in [0.1, 0.15) is 36.8 Å².